The molecule has 1 fully saturated rings. The molecule has 0 radical (unpaired) electrons. The van der Waals surface area contributed by atoms with Crippen LogP contribution in [-0.4, -0.2) is 71.2 Å². The SMILES string of the molecule is COc1cc(/C=C2/C(=N)N3N=C(CC(=O)N4CCOCC4)SC3=NC2=O)ccc1OCc1ccc(C)cc1. The number of methoxy groups -OCH3 is 1. The van der Waals surface area contributed by atoms with Gasteiger partial charge in [0.15, 0.2) is 17.3 Å². The fraction of sp³-hybridized carbons (Fsp3) is 0.296. The number of amidine groups is 2. The molecule has 2 aromatic carbocycles. The number of ether oxygens (including phenoxy) is 3. The van der Waals surface area contributed by atoms with E-state index in [1.807, 2.05) is 31.2 Å². The second kappa shape index (κ2) is 11.2. The summed E-state index contributed by atoms with van der Waals surface area (Å²) in [4.78, 5) is 31.2. The first-order valence-corrected chi connectivity index (χ1v) is 12.9. The van der Waals surface area contributed by atoms with E-state index in [4.69, 9.17) is 19.6 Å². The summed E-state index contributed by atoms with van der Waals surface area (Å²) in [6, 6.07) is 13.4. The Morgan fingerprint density at radius 3 is 2.66 bits per heavy atom. The standard InChI is InChI=1S/C27H27N5O5S/c1-17-3-5-18(6-4-17)16-37-21-8-7-19(14-22(21)35-2)13-20-25(28)32-27(29-26(20)34)38-23(30-32)15-24(33)31-9-11-36-12-10-31/h3-8,13-14,28H,9-12,15-16H2,1-2H3/b20-13-,28-25?. The maximum absolute atomic E-state index is 12.8. The first-order valence-electron chi connectivity index (χ1n) is 12.1. The number of fused-ring (bicyclic) bond motifs is 1. The second-order valence-corrected chi connectivity index (χ2v) is 9.91. The largest absolute Gasteiger partial charge is 0.493 e. The summed E-state index contributed by atoms with van der Waals surface area (Å²) >= 11 is 1.14. The van der Waals surface area contributed by atoms with Crippen LogP contribution < -0.4 is 9.47 Å². The molecule has 0 saturated carbocycles. The fourth-order valence-corrected chi connectivity index (χ4v) is 4.94. The summed E-state index contributed by atoms with van der Waals surface area (Å²) in [6.45, 7) is 4.54. The number of morpholine rings is 1. The molecule has 0 aliphatic carbocycles. The summed E-state index contributed by atoms with van der Waals surface area (Å²) < 4.78 is 16.7. The molecule has 0 atom stereocenters. The summed E-state index contributed by atoms with van der Waals surface area (Å²) in [7, 11) is 1.55. The van der Waals surface area contributed by atoms with Gasteiger partial charge in [-0.15, -0.1) is 0 Å². The van der Waals surface area contributed by atoms with E-state index in [9.17, 15) is 9.59 Å². The van der Waals surface area contributed by atoms with E-state index in [2.05, 4.69) is 10.1 Å². The van der Waals surface area contributed by atoms with Gasteiger partial charge in [0.1, 0.15) is 11.7 Å². The number of carbonyl (C=O) groups is 2. The van der Waals surface area contributed by atoms with E-state index in [-0.39, 0.29) is 28.9 Å². The first-order chi connectivity index (χ1) is 18.4. The molecule has 0 bridgehead atoms. The van der Waals surface area contributed by atoms with Crippen molar-refractivity contribution in [3.8, 4) is 11.5 Å². The lowest BCUT2D eigenvalue weighted by Gasteiger charge is -2.26. The second-order valence-electron chi connectivity index (χ2n) is 8.87. The highest BCUT2D eigenvalue weighted by molar-refractivity contribution is 8.27. The van der Waals surface area contributed by atoms with Crippen molar-refractivity contribution in [3.63, 3.8) is 0 Å². The summed E-state index contributed by atoms with van der Waals surface area (Å²) in [6.07, 6.45) is 1.66. The minimum Gasteiger partial charge on any atom is -0.493 e. The van der Waals surface area contributed by atoms with Crippen LogP contribution in [0, 0.1) is 12.3 Å². The summed E-state index contributed by atoms with van der Waals surface area (Å²) in [5.41, 5.74) is 2.96. The molecule has 3 aliphatic heterocycles. The molecule has 10 nitrogen and oxygen atoms in total. The van der Waals surface area contributed by atoms with Crippen molar-refractivity contribution in [1.82, 2.24) is 9.91 Å². The van der Waals surface area contributed by atoms with Crippen molar-refractivity contribution in [2.75, 3.05) is 33.4 Å². The molecule has 0 aromatic heterocycles. The quantitative estimate of drug-likeness (QED) is 0.542. The molecule has 2 aromatic rings. The zero-order valence-corrected chi connectivity index (χ0v) is 21.9. The number of hydrogen-bond acceptors (Lipinski definition) is 8. The zero-order chi connectivity index (χ0) is 26.6. The highest BCUT2D eigenvalue weighted by Crippen LogP contribution is 2.32. The molecular formula is C27H27N5O5S. The van der Waals surface area contributed by atoms with Crippen LogP contribution in [0.15, 0.2) is 58.1 Å². The first kappa shape index (κ1) is 25.7. The number of aryl methyl sites for hydroxylation is 1. The van der Waals surface area contributed by atoms with Gasteiger partial charge in [-0.05, 0) is 48.0 Å². The Morgan fingerprint density at radius 1 is 1.16 bits per heavy atom. The van der Waals surface area contributed by atoms with E-state index in [0.717, 1.165) is 17.3 Å². The lowest BCUT2D eigenvalue weighted by molar-refractivity contribution is -0.133. The Hall–Kier alpha value is -3.96. The van der Waals surface area contributed by atoms with Crippen molar-refractivity contribution in [3.05, 3.63) is 64.7 Å². The van der Waals surface area contributed by atoms with Gasteiger partial charge in [0.25, 0.3) is 5.91 Å². The van der Waals surface area contributed by atoms with Gasteiger partial charge in [-0.2, -0.15) is 15.1 Å². The molecule has 38 heavy (non-hydrogen) atoms. The van der Waals surface area contributed by atoms with E-state index in [1.165, 1.54) is 10.6 Å². The van der Waals surface area contributed by atoms with Crippen molar-refractivity contribution in [2.45, 2.75) is 20.0 Å². The van der Waals surface area contributed by atoms with E-state index < -0.39 is 5.91 Å². The molecule has 0 spiro atoms. The number of rotatable bonds is 7. The highest BCUT2D eigenvalue weighted by Gasteiger charge is 2.36. The van der Waals surface area contributed by atoms with Gasteiger partial charge < -0.3 is 19.1 Å². The Labute approximate surface area is 224 Å². The number of carbonyl (C=O) groups excluding carboxylic acids is 2. The maximum Gasteiger partial charge on any atom is 0.283 e. The molecule has 0 unspecified atom stereocenters. The molecular weight excluding hydrogens is 506 g/mol. The van der Waals surface area contributed by atoms with Crippen LogP contribution in [-0.2, 0) is 20.9 Å². The summed E-state index contributed by atoms with van der Waals surface area (Å²) in [5.74, 6) is 0.369. The molecule has 1 saturated heterocycles. The third-order valence-corrected chi connectivity index (χ3v) is 7.08. The highest BCUT2D eigenvalue weighted by atomic mass is 32.2. The van der Waals surface area contributed by atoms with Gasteiger partial charge in [0, 0.05) is 13.1 Å². The Morgan fingerprint density at radius 2 is 1.92 bits per heavy atom. The lowest BCUT2D eigenvalue weighted by Crippen LogP contribution is -2.41. The molecule has 3 aliphatic rings. The minimum atomic E-state index is -0.539. The number of nitrogens with zero attached hydrogens (tertiary/aromatic N) is 4. The Balaban J connectivity index is 1.29. The number of aliphatic imine (C=N–C) groups is 1. The summed E-state index contributed by atoms with van der Waals surface area (Å²) in [5, 5.41) is 15.1. The van der Waals surface area contributed by atoms with Crippen molar-refractivity contribution in [1.29, 1.82) is 5.41 Å². The third kappa shape index (κ3) is 5.63. The van der Waals surface area contributed by atoms with Crippen LogP contribution in [0.5, 0.6) is 11.5 Å². The van der Waals surface area contributed by atoms with Crippen molar-refractivity contribution in [2.24, 2.45) is 10.1 Å². The number of amides is 2. The van der Waals surface area contributed by atoms with Crippen molar-refractivity contribution >= 4 is 45.7 Å². The fourth-order valence-electron chi connectivity index (χ4n) is 4.06. The maximum atomic E-state index is 12.8. The minimum absolute atomic E-state index is 0.0644. The van der Waals surface area contributed by atoms with Gasteiger partial charge in [0.2, 0.25) is 11.1 Å². The van der Waals surface area contributed by atoms with E-state index in [0.29, 0.717) is 55.0 Å². The number of hydrogen-bond donors (Lipinski definition) is 1. The van der Waals surface area contributed by atoms with Crippen LogP contribution in [0.4, 0.5) is 0 Å². The van der Waals surface area contributed by atoms with E-state index in [1.54, 1.807) is 36.3 Å². The van der Waals surface area contributed by atoms with Crippen LogP contribution in [0.3, 0.4) is 0 Å². The molecule has 2 amide bonds. The smallest absolute Gasteiger partial charge is 0.283 e. The number of benzene rings is 2. The molecule has 196 valence electrons. The molecule has 1 N–H and O–H groups in total. The Bertz CT molecular complexity index is 1360. The van der Waals surface area contributed by atoms with Crippen LogP contribution in [0.1, 0.15) is 23.1 Å². The van der Waals surface area contributed by atoms with Crippen LogP contribution in [0.2, 0.25) is 0 Å². The van der Waals surface area contributed by atoms with Gasteiger partial charge in [-0.25, -0.2) is 0 Å². The molecule has 3 heterocycles. The van der Waals surface area contributed by atoms with Crippen LogP contribution >= 0.6 is 11.8 Å². The van der Waals surface area contributed by atoms with Gasteiger partial charge in [-0.3, -0.25) is 15.0 Å². The molecule has 11 heteroatoms. The van der Waals surface area contributed by atoms with Gasteiger partial charge in [0.05, 0.1) is 32.3 Å². The van der Waals surface area contributed by atoms with Gasteiger partial charge in [-0.1, -0.05) is 35.9 Å². The predicted octanol–water partition coefficient (Wildman–Crippen LogP) is 3.45. The number of thioether (sulfide) groups is 1. The average Bonchev–Trinajstić information content (AvgIpc) is 3.33. The predicted molar refractivity (Wildman–Crippen MR) is 146 cm³/mol. The number of hydrazone groups is 1. The Kier molecular flexibility index (Phi) is 7.57. The average molecular weight is 534 g/mol. The van der Waals surface area contributed by atoms with E-state index >= 15 is 0 Å². The topological polar surface area (TPSA) is 117 Å². The lowest BCUT2D eigenvalue weighted by atomic mass is 10.1. The van der Waals surface area contributed by atoms with Gasteiger partial charge >= 0.3 is 0 Å². The third-order valence-electron chi connectivity index (χ3n) is 6.18. The van der Waals surface area contributed by atoms with Crippen LogP contribution in [0.25, 0.3) is 6.08 Å². The van der Waals surface area contributed by atoms with Crippen molar-refractivity contribution < 1.29 is 23.8 Å². The normalized spacial score (nSPS) is 18.3. The molecule has 5 rings (SSSR count). The monoisotopic (exact) mass is 533 g/mol. The zero-order valence-electron chi connectivity index (χ0n) is 21.1. The number of nitrogens with one attached hydrogen (secondary N) is 1.